The van der Waals surface area contributed by atoms with E-state index in [9.17, 15) is 4.79 Å². The summed E-state index contributed by atoms with van der Waals surface area (Å²) in [5, 5.41) is 0. The zero-order valence-electron chi connectivity index (χ0n) is 10.2. The molecule has 0 aliphatic heterocycles. The van der Waals surface area contributed by atoms with Gasteiger partial charge in [0.05, 0.1) is 18.3 Å². The van der Waals surface area contributed by atoms with Crippen molar-refractivity contribution >= 4 is 24.0 Å². The largest absolute Gasteiger partial charge is 0.397 e. The van der Waals surface area contributed by atoms with E-state index in [0.717, 1.165) is 18.5 Å². The molecule has 18 heavy (non-hydrogen) atoms. The van der Waals surface area contributed by atoms with Gasteiger partial charge in [-0.1, -0.05) is 6.08 Å². The number of carbonyl (C=O) groups excluding carboxylic acids is 1. The van der Waals surface area contributed by atoms with Crippen LogP contribution in [0.4, 0.5) is 5.69 Å². The van der Waals surface area contributed by atoms with E-state index in [1.807, 2.05) is 4.90 Å². The quantitative estimate of drug-likeness (QED) is 0.828. The first-order chi connectivity index (χ1) is 8.20. The Morgan fingerprint density at radius 3 is 2.78 bits per heavy atom. The van der Waals surface area contributed by atoms with Crippen LogP contribution in [0.2, 0.25) is 0 Å². The molecule has 0 unspecified atom stereocenters. The second-order valence-corrected chi connectivity index (χ2v) is 4.33. The van der Waals surface area contributed by atoms with Crippen LogP contribution in [0.5, 0.6) is 0 Å². The summed E-state index contributed by atoms with van der Waals surface area (Å²) in [4.78, 5) is 18.1. The minimum absolute atomic E-state index is 0. The van der Waals surface area contributed by atoms with Crippen molar-refractivity contribution in [3.05, 3.63) is 36.7 Å². The molecule has 1 aromatic rings. The molecule has 98 valence electrons. The van der Waals surface area contributed by atoms with Crippen LogP contribution in [0.3, 0.4) is 0 Å². The summed E-state index contributed by atoms with van der Waals surface area (Å²) in [6.07, 6.45) is 5.90. The number of nitrogens with zero attached hydrogens (tertiary/aromatic N) is 2. The zero-order chi connectivity index (χ0) is 12.3. The average molecular weight is 268 g/mol. The number of hydrogen-bond acceptors (Lipinski definition) is 3. The summed E-state index contributed by atoms with van der Waals surface area (Å²) in [7, 11) is 0. The molecule has 1 saturated carbocycles. The minimum atomic E-state index is 0. The SMILES string of the molecule is C=CCN(C(=O)Cc1ccc(N)cn1)C1CC1.Cl. The summed E-state index contributed by atoms with van der Waals surface area (Å²) < 4.78 is 0. The third-order valence-corrected chi connectivity index (χ3v) is 2.81. The smallest absolute Gasteiger partial charge is 0.229 e. The fourth-order valence-electron chi connectivity index (χ4n) is 1.78. The van der Waals surface area contributed by atoms with Gasteiger partial charge in [-0.05, 0) is 25.0 Å². The molecule has 1 aliphatic carbocycles. The summed E-state index contributed by atoms with van der Waals surface area (Å²) in [6, 6.07) is 3.98. The van der Waals surface area contributed by atoms with E-state index in [1.54, 1.807) is 24.4 Å². The maximum Gasteiger partial charge on any atom is 0.229 e. The molecule has 4 nitrogen and oxygen atoms in total. The first kappa shape index (κ1) is 14.5. The van der Waals surface area contributed by atoms with E-state index < -0.39 is 0 Å². The van der Waals surface area contributed by atoms with Crippen molar-refractivity contribution in [2.75, 3.05) is 12.3 Å². The van der Waals surface area contributed by atoms with Crippen LogP contribution in [0, 0.1) is 0 Å². The van der Waals surface area contributed by atoms with Gasteiger partial charge in [-0.25, -0.2) is 0 Å². The Kier molecular flexibility index (Phi) is 5.16. The van der Waals surface area contributed by atoms with Crippen LogP contribution in [0.1, 0.15) is 18.5 Å². The number of carbonyl (C=O) groups is 1. The second-order valence-electron chi connectivity index (χ2n) is 4.33. The first-order valence-electron chi connectivity index (χ1n) is 5.81. The average Bonchev–Trinajstić information content (AvgIpc) is 3.13. The van der Waals surface area contributed by atoms with Crippen LogP contribution in [0.15, 0.2) is 31.0 Å². The van der Waals surface area contributed by atoms with Crippen molar-refractivity contribution in [1.29, 1.82) is 0 Å². The van der Waals surface area contributed by atoms with Gasteiger partial charge in [0, 0.05) is 18.3 Å². The number of aromatic nitrogens is 1. The number of anilines is 1. The third-order valence-electron chi connectivity index (χ3n) is 2.81. The molecule has 1 amide bonds. The van der Waals surface area contributed by atoms with Crippen LogP contribution in [-0.4, -0.2) is 28.4 Å². The fraction of sp³-hybridized carbons (Fsp3) is 0.385. The molecule has 1 aliphatic rings. The Labute approximate surface area is 113 Å². The summed E-state index contributed by atoms with van der Waals surface area (Å²) in [5.41, 5.74) is 6.93. The zero-order valence-corrected chi connectivity index (χ0v) is 11.0. The van der Waals surface area contributed by atoms with E-state index in [2.05, 4.69) is 11.6 Å². The van der Waals surface area contributed by atoms with Gasteiger partial charge in [-0.15, -0.1) is 19.0 Å². The van der Waals surface area contributed by atoms with E-state index in [0.29, 0.717) is 24.7 Å². The maximum absolute atomic E-state index is 12.1. The number of nitrogen functional groups attached to an aromatic ring is 1. The van der Waals surface area contributed by atoms with Crippen molar-refractivity contribution < 1.29 is 4.79 Å². The highest BCUT2D eigenvalue weighted by molar-refractivity contribution is 5.85. The van der Waals surface area contributed by atoms with Crippen LogP contribution in [0.25, 0.3) is 0 Å². The molecule has 1 heterocycles. The summed E-state index contributed by atoms with van der Waals surface area (Å²) in [6.45, 7) is 4.31. The van der Waals surface area contributed by atoms with Gasteiger partial charge in [0.15, 0.2) is 0 Å². The first-order valence-corrected chi connectivity index (χ1v) is 5.81. The predicted octanol–water partition coefficient (Wildman–Crippen LogP) is 1.81. The van der Waals surface area contributed by atoms with Crippen molar-refractivity contribution in [3.8, 4) is 0 Å². The molecule has 0 radical (unpaired) electrons. The normalized spacial score (nSPS) is 13.6. The van der Waals surface area contributed by atoms with Gasteiger partial charge < -0.3 is 10.6 Å². The summed E-state index contributed by atoms with van der Waals surface area (Å²) in [5.74, 6) is 0.115. The fourth-order valence-corrected chi connectivity index (χ4v) is 1.78. The predicted molar refractivity (Wildman–Crippen MR) is 74.5 cm³/mol. The van der Waals surface area contributed by atoms with Gasteiger partial charge >= 0.3 is 0 Å². The lowest BCUT2D eigenvalue weighted by atomic mass is 10.2. The van der Waals surface area contributed by atoms with Crippen LogP contribution < -0.4 is 5.73 Å². The van der Waals surface area contributed by atoms with Gasteiger partial charge in [0.25, 0.3) is 0 Å². The van der Waals surface area contributed by atoms with Crippen molar-refractivity contribution in [2.45, 2.75) is 25.3 Å². The van der Waals surface area contributed by atoms with Crippen LogP contribution in [-0.2, 0) is 11.2 Å². The molecule has 1 fully saturated rings. The number of nitrogens with two attached hydrogens (primary N) is 1. The van der Waals surface area contributed by atoms with E-state index in [1.165, 1.54) is 0 Å². The number of halogens is 1. The lowest BCUT2D eigenvalue weighted by Crippen LogP contribution is -2.34. The Bertz CT molecular complexity index is 415. The molecule has 0 bridgehead atoms. The minimum Gasteiger partial charge on any atom is -0.397 e. The Morgan fingerprint density at radius 2 is 2.28 bits per heavy atom. The summed E-state index contributed by atoms with van der Waals surface area (Å²) >= 11 is 0. The highest BCUT2D eigenvalue weighted by atomic mass is 35.5. The molecule has 0 aromatic carbocycles. The number of hydrogen-bond donors (Lipinski definition) is 1. The number of rotatable bonds is 5. The van der Waals surface area contributed by atoms with Crippen molar-refractivity contribution in [1.82, 2.24) is 9.88 Å². The molecule has 1 aromatic heterocycles. The Hall–Kier alpha value is -1.55. The molecule has 2 N–H and O–H groups in total. The molecule has 0 saturated heterocycles. The number of amides is 1. The standard InChI is InChI=1S/C13H17N3O.ClH/c1-2-7-16(12-5-6-12)13(17)8-11-4-3-10(14)9-15-11;/h2-4,9,12H,1,5-8,14H2;1H. The van der Waals surface area contributed by atoms with Crippen molar-refractivity contribution in [3.63, 3.8) is 0 Å². The van der Waals surface area contributed by atoms with E-state index >= 15 is 0 Å². The highest BCUT2D eigenvalue weighted by Gasteiger charge is 2.31. The van der Waals surface area contributed by atoms with E-state index in [4.69, 9.17) is 5.73 Å². The Balaban J connectivity index is 0.00000162. The molecular formula is C13H18ClN3O. The molecule has 2 rings (SSSR count). The van der Waals surface area contributed by atoms with Gasteiger partial charge in [-0.3, -0.25) is 9.78 Å². The van der Waals surface area contributed by atoms with E-state index in [-0.39, 0.29) is 18.3 Å². The molecular weight excluding hydrogens is 250 g/mol. The monoisotopic (exact) mass is 267 g/mol. The molecule has 0 atom stereocenters. The van der Waals surface area contributed by atoms with Gasteiger partial charge in [0.2, 0.25) is 5.91 Å². The third kappa shape index (κ3) is 3.74. The second kappa shape index (κ2) is 6.40. The Morgan fingerprint density at radius 1 is 1.56 bits per heavy atom. The van der Waals surface area contributed by atoms with Gasteiger partial charge in [-0.2, -0.15) is 0 Å². The highest BCUT2D eigenvalue weighted by Crippen LogP contribution is 2.27. The maximum atomic E-state index is 12.1. The van der Waals surface area contributed by atoms with Gasteiger partial charge in [0.1, 0.15) is 0 Å². The molecule has 0 spiro atoms. The lowest BCUT2D eigenvalue weighted by Gasteiger charge is -2.20. The molecule has 5 heteroatoms. The number of pyridine rings is 1. The topological polar surface area (TPSA) is 59.2 Å². The van der Waals surface area contributed by atoms with Crippen molar-refractivity contribution in [2.24, 2.45) is 0 Å². The van der Waals surface area contributed by atoms with Crippen LogP contribution >= 0.6 is 12.4 Å². The lowest BCUT2D eigenvalue weighted by molar-refractivity contribution is -0.130.